The summed E-state index contributed by atoms with van der Waals surface area (Å²) >= 11 is 0. The molecular weight excluding hydrogens is 258 g/mol. The summed E-state index contributed by atoms with van der Waals surface area (Å²) in [5, 5.41) is 4.05. The average Bonchev–Trinajstić information content (AvgIpc) is 2.49. The number of hydrogen-bond donors (Lipinski definition) is 1. The molecule has 5 nitrogen and oxygen atoms in total. The van der Waals surface area contributed by atoms with Crippen molar-refractivity contribution >= 4 is 16.9 Å². The van der Waals surface area contributed by atoms with Gasteiger partial charge in [-0.2, -0.15) is 0 Å². The molecule has 2 rings (SSSR count). The lowest BCUT2D eigenvalue weighted by atomic mass is 10.1. The summed E-state index contributed by atoms with van der Waals surface area (Å²) in [4.78, 5) is 11.5. The molecule has 0 bridgehead atoms. The lowest BCUT2D eigenvalue weighted by Crippen LogP contribution is -2.22. The van der Waals surface area contributed by atoms with Gasteiger partial charge in [-0.05, 0) is 6.92 Å². The fraction of sp³-hybridized carbons (Fsp3) is 0.267. The summed E-state index contributed by atoms with van der Waals surface area (Å²) in [6.45, 7) is 2.33. The minimum Gasteiger partial charge on any atom is -0.496 e. The molecule has 0 unspecified atom stereocenters. The molecule has 106 valence electrons. The monoisotopic (exact) mass is 275 g/mol. The third-order valence-corrected chi connectivity index (χ3v) is 2.84. The SMILES string of the molecule is CCOc1cc(OC)c2ccccc2c1OC(=O)NC. The molecule has 1 amide bonds. The Morgan fingerprint density at radius 3 is 2.50 bits per heavy atom. The number of amides is 1. The van der Waals surface area contributed by atoms with Crippen molar-refractivity contribution < 1.29 is 19.0 Å². The van der Waals surface area contributed by atoms with Crippen LogP contribution in [0.2, 0.25) is 0 Å². The first-order valence-electron chi connectivity index (χ1n) is 6.33. The Balaban J connectivity index is 2.66. The van der Waals surface area contributed by atoms with Crippen LogP contribution in [0.4, 0.5) is 4.79 Å². The number of carbonyl (C=O) groups is 1. The van der Waals surface area contributed by atoms with Gasteiger partial charge in [-0.15, -0.1) is 0 Å². The van der Waals surface area contributed by atoms with Crippen molar-refractivity contribution in [2.45, 2.75) is 6.92 Å². The van der Waals surface area contributed by atoms with Crippen LogP contribution in [0.25, 0.3) is 10.8 Å². The predicted octanol–water partition coefficient (Wildman–Crippen LogP) is 2.97. The van der Waals surface area contributed by atoms with Gasteiger partial charge < -0.3 is 19.5 Å². The number of hydrogen-bond acceptors (Lipinski definition) is 4. The first-order valence-corrected chi connectivity index (χ1v) is 6.33. The maximum absolute atomic E-state index is 11.5. The van der Waals surface area contributed by atoms with E-state index in [-0.39, 0.29) is 0 Å². The second-order valence-electron chi connectivity index (χ2n) is 4.02. The molecule has 0 radical (unpaired) electrons. The van der Waals surface area contributed by atoms with Gasteiger partial charge in [0.2, 0.25) is 0 Å². The molecule has 0 aliphatic rings. The molecule has 0 spiro atoms. The Bertz CT molecular complexity index is 625. The van der Waals surface area contributed by atoms with Crippen molar-refractivity contribution in [3.8, 4) is 17.2 Å². The van der Waals surface area contributed by atoms with Gasteiger partial charge in [0.05, 0.1) is 13.7 Å². The van der Waals surface area contributed by atoms with E-state index in [4.69, 9.17) is 14.2 Å². The van der Waals surface area contributed by atoms with Crippen LogP contribution in [-0.2, 0) is 0 Å². The van der Waals surface area contributed by atoms with Crippen LogP contribution >= 0.6 is 0 Å². The molecule has 2 aromatic rings. The Kier molecular flexibility index (Phi) is 4.30. The van der Waals surface area contributed by atoms with Crippen molar-refractivity contribution in [1.82, 2.24) is 5.32 Å². The van der Waals surface area contributed by atoms with E-state index in [1.54, 1.807) is 13.2 Å². The van der Waals surface area contributed by atoms with Gasteiger partial charge in [0.15, 0.2) is 11.5 Å². The number of rotatable bonds is 4. The van der Waals surface area contributed by atoms with Crippen LogP contribution in [0.1, 0.15) is 6.92 Å². The smallest absolute Gasteiger partial charge is 0.412 e. The van der Waals surface area contributed by atoms with Gasteiger partial charge in [-0.3, -0.25) is 0 Å². The third-order valence-electron chi connectivity index (χ3n) is 2.84. The molecule has 0 aromatic heterocycles. The summed E-state index contributed by atoms with van der Waals surface area (Å²) in [7, 11) is 3.10. The van der Waals surface area contributed by atoms with Crippen molar-refractivity contribution in [2.24, 2.45) is 0 Å². The van der Waals surface area contributed by atoms with E-state index in [1.165, 1.54) is 7.05 Å². The van der Waals surface area contributed by atoms with Crippen LogP contribution in [-0.4, -0.2) is 26.9 Å². The molecule has 0 fully saturated rings. The number of ether oxygens (including phenoxy) is 3. The lowest BCUT2D eigenvalue weighted by molar-refractivity contribution is 0.200. The topological polar surface area (TPSA) is 56.8 Å². The molecule has 0 aliphatic carbocycles. The Hall–Kier alpha value is -2.43. The number of methoxy groups -OCH3 is 1. The summed E-state index contributed by atoms with van der Waals surface area (Å²) in [5.74, 6) is 1.54. The summed E-state index contributed by atoms with van der Waals surface area (Å²) < 4.78 is 16.2. The molecular formula is C15H17NO4. The second-order valence-corrected chi connectivity index (χ2v) is 4.02. The minimum atomic E-state index is -0.540. The van der Waals surface area contributed by atoms with Gasteiger partial charge in [0.25, 0.3) is 0 Å². The van der Waals surface area contributed by atoms with Crippen LogP contribution in [0.3, 0.4) is 0 Å². The highest BCUT2D eigenvalue weighted by Gasteiger charge is 2.17. The highest BCUT2D eigenvalue weighted by Crippen LogP contribution is 2.41. The highest BCUT2D eigenvalue weighted by atomic mass is 16.6. The zero-order valence-corrected chi connectivity index (χ0v) is 11.7. The molecule has 2 aromatic carbocycles. The van der Waals surface area contributed by atoms with Crippen molar-refractivity contribution in [2.75, 3.05) is 20.8 Å². The van der Waals surface area contributed by atoms with E-state index >= 15 is 0 Å². The van der Waals surface area contributed by atoms with Gasteiger partial charge in [-0.25, -0.2) is 4.79 Å². The Morgan fingerprint density at radius 2 is 1.90 bits per heavy atom. The highest BCUT2D eigenvalue weighted by molar-refractivity contribution is 5.97. The van der Waals surface area contributed by atoms with Crippen molar-refractivity contribution in [1.29, 1.82) is 0 Å². The van der Waals surface area contributed by atoms with E-state index in [2.05, 4.69) is 5.32 Å². The maximum atomic E-state index is 11.5. The molecule has 0 saturated carbocycles. The van der Waals surface area contributed by atoms with Crippen LogP contribution < -0.4 is 19.5 Å². The van der Waals surface area contributed by atoms with Gasteiger partial charge in [0, 0.05) is 23.9 Å². The van der Waals surface area contributed by atoms with E-state index < -0.39 is 6.09 Å². The largest absolute Gasteiger partial charge is 0.496 e. The van der Waals surface area contributed by atoms with E-state index in [1.807, 2.05) is 31.2 Å². The zero-order chi connectivity index (χ0) is 14.5. The first-order chi connectivity index (χ1) is 9.71. The van der Waals surface area contributed by atoms with E-state index in [9.17, 15) is 4.79 Å². The Labute approximate surface area is 117 Å². The molecule has 5 heteroatoms. The lowest BCUT2D eigenvalue weighted by Gasteiger charge is -2.15. The molecule has 0 atom stereocenters. The fourth-order valence-corrected chi connectivity index (χ4v) is 1.97. The predicted molar refractivity (Wildman–Crippen MR) is 76.8 cm³/mol. The van der Waals surface area contributed by atoms with Gasteiger partial charge >= 0.3 is 6.09 Å². The molecule has 20 heavy (non-hydrogen) atoms. The average molecular weight is 275 g/mol. The van der Waals surface area contributed by atoms with Crippen molar-refractivity contribution in [3.05, 3.63) is 30.3 Å². The quantitative estimate of drug-likeness (QED) is 0.932. The molecule has 0 heterocycles. The normalized spacial score (nSPS) is 10.2. The van der Waals surface area contributed by atoms with E-state index in [0.29, 0.717) is 23.9 Å². The second kappa shape index (κ2) is 6.14. The Morgan fingerprint density at radius 1 is 1.20 bits per heavy atom. The fourth-order valence-electron chi connectivity index (χ4n) is 1.97. The van der Waals surface area contributed by atoms with Crippen LogP contribution in [0.5, 0.6) is 17.2 Å². The van der Waals surface area contributed by atoms with Gasteiger partial charge in [-0.1, -0.05) is 24.3 Å². The van der Waals surface area contributed by atoms with Crippen LogP contribution in [0.15, 0.2) is 30.3 Å². The molecule has 0 aliphatic heterocycles. The summed E-state index contributed by atoms with van der Waals surface area (Å²) in [6.07, 6.45) is -0.540. The zero-order valence-electron chi connectivity index (χ0n) is 11.7. The standard InChI is InChI=1S/C15H17NO4/c1-4-19-13-9-12(18-3)10-7-5-6-8-11(10)14(13)20-15(17)16-2/h5-9H,4H2,1-3H3,(H,16,17). The summed E-state index contributed by atoms with van der Waals surface area (Å²) in [5.41, 5.74) is 0. The number of benzene rings is 2. The van der Waals surface area contributed by atoms with Crippen LogP contribution in [0, 0.1) is 0 Å². The molecule has 0 saturated heterocycles. The molecule has 1 N–H and O–H groups in total. The number of carbonyl (C=O) groups excluding carboxylic acids is 1. The first kappa shape index (κ1) is 14.0. The van der Waals surface area contributed by atoms with Crippen molar-refractivity contribution in [3.63, 3.8) is 0 Å². The van der Waals surface area contributed by atoms with E-state index in [0.717, 1.165) is 10.8 Å². The van der Waals surface area contributed by atoms with Gasteiger partial charge in [0.1, 0.15) is 5.75 Å². The number of nitrogens with one attached hydrogen (secondary N) is 1. The summed E-state index contributed by atoms with van der Waals surface area (Å²) in [6, 6.07) is 9.26. The minimum absolute atomic E-state index is 0.391. The maximum Gasteiger partial charge on any atom is 0.412 e. The third kappa shape index (κ3) is 2.61. The number of fused-ring (bicyclic) bond motifs is 1.